The summed E-state index contributed by atoms with van der Waals surface area (Å²) in [5, 5.41) is 8.26. The topological polar surface area (TPSA) is 76.0 Å². The van der Waals surface area contributed by atoms with Crippen molar-refractivity contribution in [3.05, 3.63) is 58.3 Å². The van der Waals surface area contributed by atoms with Crippen LogP contribution in [0.15, 0.2) is 48.5 Å². The van der Waals surface area contributed by atoms with Crippen LogP contribution in [0.4, 0.5) is 0 Å². The fourth-order valence-corrected chi connectivity index (χ4v) is 5.53. The van der Waals surface area contributed by atoms with E-state index in [1.54, 1.807) is 18.4 Å². The average Bonchev–Trinajstić information content (AvgIpc) is 3.55. The van der Waals surface area contributed by atoms with Crippen molar-refractivity contribution in [2.75, 3.05) is 13.7 Å². The van der Waals surface area contributed by atoms with Gasteiger partial charge in [0.05, 0.1) is 23.4 Å². The normalized spacial score (nSPS) is 16.0. The Labute approximate surface area is 194 Å². The highest BCUT2D eigenvalue weighted by molar-refractivity contribution is 7.71. The number of ether oxygens (including phenoxy) is 1. The van der Waals surface area contributed by atoms with Gasteiger partial charge in [-0.1, -0.05) is 12.1 Å². The summed E-state index contributed by atoms with van der Waals surface area (Å²) in [5.74, 6) is 1.62. The smallest absolute Gasteiger partial charge is 0.224 e. The van der Waals surface area contributed by atoms with Gasteiger partial charge in [-0.3, -0.25) is 14.5 Å². The second-order valence-electron chi connectivity index (χ2n) is 7.75. The van der Waals surface area contributed by atoms with Crippen molar-refractivity contribution in [2.45, 2.75) is 31.8 Å². The zero-order valence-electron chi connectivity index (χ0n) is 17.7. The van der Waals surface area contributed by atoms with Crippen molar-refractivity contribution in [1.29, 1.82) is 0 Å². The summed E-state index contributed by atoms with van der Waals surface area (Å²) in [6.45, 7) is 1.24. The summed E-state index contributed by atoms with van der Waals surface area (Å²) in [5.41, 5.74) is 1.92. The first-order valence-corrected chi connectivity index (χ1v) is 11.8. The van der Waals surface area contributed by atoms with E-state index in [4.69, 9.17) is 21.9 Å². The number of nitrogens with zero attached hydrogens (tertiary/aromatic N) is 4. The molecule has 9 heteroatoms. The fourth-order valence-electron chi connectivity index (χ4n) is 4.19. The molecule has 1 amide bonds. The van der Waals surface area contributed by atoms with Crippen molar-refractivity contribution in [3.63, 3.8) is 0 Å². The molecule has 0 radical (unpaired) electrons. The quantitative estimate of drug-likeness (QED) is 0.407. The molecular formula is C23H23N5O2S2. The highest BCUT2D eigenvalue weighted by atomic mass is 32.1. The van der Waals surface area contributed by atoms with Crippen LogP contribution in [-0.4, -0.2) is 44.2 Å². The molecule has 2 aromatic heterocycles. The molecule has 0 bridgehead atoms. The van der Waals surface area contributed by atoms with E-state index >= 15 is 0 Å². The highest BCUT2D eigenvalue weighted by Crippen LogP contribution is 2.36. The zero-order valence-corrected chi connectivity index (χ0v) is 19.3. The van der Waals surface area contributed by atoms with E-state index in [0.29, 0.717) is 17.7 Å². The first-order valence-electron chi connectivity index (χ1n) is 10.6. The molecular weight excluding hydrogens is 442 g/mol. The van der Waals surface area contributed by atoms with E-state index in [-0.39, 0.29) is 11.9 Å². The number of aromatic nitrogens is 4. The second kappa shape index (κ2) is 8.84. The van der Waals surface area contributed by atoms with Gasteiger partial charge in [-0.15, -0.1) is 11.3 Å². The number of carbonyl (C=O) groups is 1. The Balaban J connectivity index is 1.32. The fraction of sp³-hybridized carbons (Fsp3) is 0.304. The molecule has 0 aliphatic carbocycles. The Hall–Kier alpha value is -3.04. The van der Waals surface area contributed by atoms with E-state index in [0.717, 1.165) is 51.7 Å². The number of carbonyl (C=O) groups excluding carboxylic acids is 1. The first kappa shape index (κ1) is 20.8. The lowest BCUT2D eigenvalue weighted by Crippen LogP contribution is -2.31. The van der Waals surface area contributed by atoms with E-state index in [1.807, 2.05) is 51.9 Å². The van der Waals surface area contributed by atoms with Crippen LogP contribution in [0.5, 0.6) is 5.75 Å². The first-order chi connectivity index (χ1) is 15.6. The molecule has 4 aromatic rings. The number of likely N-dealkylation sites (tertiary alicyclic amines) is 1. The van der Waals surface area contributed by atoms with Crippen LogP contribution in [0.1, 0.15) is 30.3 Å². The van der Waals surface area contributed by atoms with Gasteiger partial charge in [-0.05, 0) is 61.5 Å². The van der Waals surface area contributed by atoms with Gasteiger partial charge in [0, 0.05) is 25.1 Å². The number of para-hydroxylation sites is 1. The third-order valence-electron chi connectivity index (χ3n) is 5.82. The van der Waals surface area contributed by atoms with Gasteiger partial charge < -0.3 is 9.64 Å². The van der Waals surface area contributed by atoms with E-state index in [9.17, 15) is 4.79 Å². The summed E-state index contributed by atoms with van der Waals surface area (Å²) >= 11 is 7.12. The number of aromatic amines is 1. The third kappa shape index (κ3) is 3.93. The maximum atomic E-state index is 13.2. The van der Waals surface area contributed by atoms with Gasteiger partial charge >= 0.3 is 0 Å². The zero-order chi connectivity index (χ0) is 22.1. The number of hydrogen-bond donors (Lipinski definition) is 1. The third-order valence-corrected chi connectivity index (χ3v) is 7.27. The summed E-state index contributed by atoms with van der Waals surface area (Å²) < 4.78 is 8.79. The Kier molecular flexibility index (Phi) is 5.75. The van der Waals surface area contributed by atoms with Crippen LogP contribution in [0.2, 0.25) is 0 Å². The van der Waals surface area contributed by atoms with Crippen molar-refractivity contribution in [1.82, 2.24) is 24.6 Å². The van der Waals surface area contributed by atoms with Crippen LogP contribution < -0.4 is 4.74 Å². The number of thiazole rings is 1. The van der Waals surface area contributed by atoms with E-state index in [1.165, 1.54) is 0 Å². The molecule has 0 unspecified atom stereocenters. The minimum atomic E-state index is 0.0540. The summed E-state index contributed by atoms with van der Waals surface area (Å²) in [4.78, 5) is 20.0. The second-order valence-corrected chi connectivity index (χ2v) is 9.20. The van der Waals surface area contributed by atoms with Gasteiger partial charge in [0.2, 0.25) is 5.91 Å². The minimum absolute atomic E-state index is 0.0540. The predicted molar refractivity (Wildman–Crippen MR) is 127 cm³/mol. The number of amides is 1. The van der Waals surface area contributed by atoms with Crippen LogP contribution in [0, 0.1) is 4.77 Å². The van der Waals surface area contributed by atoms with Crippen LogP contribution >= 0.6 is 23.6 Å². The SMILES string of the molecule is COc1ccc(-c2n[nH]c(=S)n2CCC(=O)N2CCC[C@@H]2c2nc3ccccc3s2)cc1. The monoisotopic (exact) mass is 465 g/mol. The lowest BCUT2D eigenvalue weighted by atomic mass is 10.2. The maximum Gasteiger partial charge on any atom is 0.224 e. The van der Waals surface area contributed by atoms with Crippen molar-refractivity contribution >= 4 is 39.7 Å². The highest BCUT2D eigenvalue weighted by Gasteiger charge is 2.32. The van der Waals surface area contributed by atoms with Gasteiger partial charge in [0.25, 0.3) is 0 Å². The molecule has 1 atom stereocenters. The Morgan fingerprint density at radius 3 is 2.84 bits per heavy atom. The average molecular weight is 466 g/mol. The van der Waals surface area contributed by atoms with Crippen molar-refractivity contribution in [3.8, 4) is 17.1 Å². The van der Waals surface area contributed by atoms with E-state index < -0.39 is 0 Å². The number of hydrogen-bond acceptors (Lipinski definition) is 6. The van der Waals surface area contributed by atoms with Crippen LogP contribution in [0.3, 0.4) is 0 Å². The number of benzene rings is 2. The standard InChI is InChI=1S/C23H23N5O2S2/c1-30-16-10-8-15(9-11-16)21-25-26-23(31)28(21)14-12-20(29)27-13-4-6-18(27)22-24-17-5-2-3-7-19(17)32-22/h2-3,5,7-11,18H,4,6,12-14H2,1H3,(H,26,31)/t18-/m1/s1. The molecule has 1 aliphatic rings. The van der Waals surface area contributed by atoms with Gasteiger partial charge in [0.1, 0.15) is 10.8 Å². The van der Waals surface area contributed by atoms with Crippen molar-refractivity contribution < 1.29 is 9.53 Å². The van der Waals surface area contributed by atoms with Gasteiger partial charge in [0.15, 0.2) is 10.6 Å². The lowest BCUT2D eigenvalue weighted by Gasteiger charge is -2.23. The lowest BCUT2D eigenvalue weighted by molar-refractivity contribution is -0.132. The number of methoxy groups -OCH3 is 1. The summed E-state index contributed by atoms with van der Waals surface area (Å²) in [6.07, 6.45) is 2.31. The largest absolute Gasteiger partial charge is 0.497 e. The molecule has 32 heavy (non-hydrogen) atoms. The molecule has 2 aromatic carbocycles. The molecule has 164 valence electrons. The molecule has 7 nitrogen and oxygen atoms in total. The molecule has 5 rings (SSSR count). The van der Waals surface area contributed by atoms with Gasteiger partial charge in [-0.25, -0.2) is 4.98 Å². The molecule has 1 N–H and O–H groups in total. The molecule has 1 fully saturated rings. The van der Waals surface area contributed by atoms with Crippen LogP contribution in [0.25, 0.3) is 21.6 Å². The number of nitrogens with one attached hydrogen (secondary N) is 1. The van der Waals surface area contributed by atoms with Crippen LogP contribution in [-0.2, 0) is 11.3 Å². The maximum absolute atomic E-state index is 13.2. The molecule has 0 spiro atoms. The molecule has 3 heterocycles. The molecule has 1 saturated heterocycles. The number of fused-ring (bicyclic) bond motifs is 1. The number of rotatable bonds is 6. The minimum Gasteiger partial charge on any atom is -0.497 e. The molecule has 1 aliphatic heterocycles. The van der Waals surface area contributed by atoms with Crippen molar-refractivity contribution in [2.24, 2.45) is 0 Å². The summed E-state index contributed by atoms with van der Waals surface area (Å²) in [6, 6.07) is 15.8. The Bertz CT molecular complexity index is 1270. The Morgan fingerprint density at radius 2 is 2.06 bits per heavy atom. The molecule has 0 saturated carbocycles. The van der Waals surface area contributed by atoms with Gasteiger partial charge in [-0.2, -0.15) is 5.10 Å². The summed E-state index contributed by atoms with van der Waals surface area (Å²) in [7, 11) is 1.64. The number of H-pyrrole nitrogens is 1. The Morgan fingerprint density at radius 1 is 1.25 bits per heavy atom. The van der Waals surface area contributed by atoms with E-state index in [2.05, 4.69) is 16.3 Å². The predicted octanol–water partition coefficient (Wildman–Crippen LogP) is 4.98.